The molecular weight excluding hydrogens is 390 g/mol. The second-order valence-corrected chi connectivity index (χ2v) is 10.6. The highest BCUT2D eigenvalue weighted by Crippen LogP contribution is 2.38. The first-order valence-corrected chi connectivity index (χ1v) is 10.5. The molecule has 2 rings (SSSR count). The number of hydrogen-bond donors (Lipinski definition) is 1. The van der Waals surface area contributed by atoms with Crippen LogP contribution in [0.2, 0.25) is 0 Å². The Morgan fingerprint density at radius 2 is 1.73 bits per heavy atom. The second-order valence-electron chi connectivity index (χ2n) is 9.66. The molecule has 1 amide bonds. The first-order chi connectivity index (χ1) is 12.0. The Morgan fingerprint density at radius 1 is 1.12 bits per heavy atom. The number of rotatable bonds is 4. The lowest BCUT2D eigenvalue weighted by molar-refractivity contribution is -0.124. The van der Waals surface area contributed by atoms with Crippen LogP contribution in [0.25, 0.3) is 0 Å². The van der Waals surface area contributed by atoms with E-state index in [-0.39, 0.29) is 24.0 Å². The highest BCUT2D eigenvalue weighted by atomic mass is 79.9. The topological polar surface area (TPSA) is 38.3 Å². The summed E-state index contributed by atoms with van der Waals surface area (Å²) in [5, 5.41) is 3.16. The predicted octanol–water partition coefficient (Wildman–Crippen LogP) is 5.85. The van der Waals surface area contributed by atoms with Gasteiger partial charge in [0.1, 0.15) is 5.75 Å². The Labute approximate surface area is 167 Å². The van der Waals surface area contributed by atoms with Gasteiger partial charge in [-0.05, 0) is 60.6 Å². The lowest BCUT2D eigenvalue weighted by Crippen LogP contribution is -2.41. The largest absolute Gasteiger partial charge is 0.483 e. The van der Waals surface area contributed by atoms with Crippen molar-refractivity contribution in [1.82, 2.24) is 5.32 Å². The summed E-state index contributed by atoms with van der Waals surface area (Å²) in [4.78, 5) is 12.3. The monoisotopic (exact) mass is 423 g/mol. The number of nitrogens with one attached hydrogen (secondary N) is 1. The molecule has 0 heterocycles. The Bertz CT molecular complexity index is 620. The molecule has 0 atom stereocenters. The van der Waals surface area contributed by atoms with E-state index in [1.54, 1.807) is 0 Å². The molecule has 1 fully saturated rings. The third kappa shape index (κ3) is 6.00. The smallest absolute Gasteiger partial charge is 0.258 e. The molecule has 1 N–H and O–H groups in total. The molecule has 0 bridgehead atoms. The fourth-order valence-corrected chi connectivity index (χ4v) is 4.09. The van der Waals surface area contributed by atoms with Gasteiger partial charge in [0.05, 0.1) is 0 Å². The highest BCUT2D eigenvalue weighted by Gasteiger charge is 2.30. The minimum Gasteiger partial charge on any atom is -0.483 e. The zero-order valence-corrected chi connectivity index (χ0v) is 18.7. The molecule has 1 aromatic carbocycles. The van der Waals surface area contributed by atoms with Crippen LogP contribution in [0.5, 0.6) is 5.75 Å². The number of halogens is 1. The van der Waals surface area contributed by atoms with Crippen molar-refractivity contribution in [2.45, 2.75) is 78.7 Å². The third-order valence-corrected chi connectivity index (χ3v) is 5.92. The van der Waals surface area contributed by atoms with Crippen molar-refractivity contribution in [3.8, 4) is 5.75 Å². The van der Waals surface area contributed by atoms with E-state index in [2.05, 4.69) is 68.9 Å². The van der Waals surface area contributed by atoms with E-state index in [9.17, 15) is 4.79 Å². The van der Waals surface area contributed by atoms with Crippen molar-refractivity contribution in [1.29, 1.82) is 0 Å². The molecule has 4 heteroatoms. The fourth-order valence-electron chi connectivity index (χ4n) is 3.73. The summed E-state index contributed by atoms with van der Waals surface area (Å²) in [6.07, 6.45) is 4.52. The van der Waals surface area contributed by atoms with Crippen LogP contribution in [0.1, 0.15) is 72.8 Å². The molecule has 0 unspecified atom stereocenters. The highest BCUT2D eigenvalue weighted by molar-refractivity contribution is 9.10. The van der Waals surface area contributed by atoms with E-state index >= 15 is 0 Å². The van der Waals surface area contributed by atoms with E-state index < -0.39 is 0 Å². The summed E-state index contributed by atoms with van der Waals surface area (Å²) >= 11 is 3.52. The molecule has 26 heavy (non-hydrogen) atoms. The Morgan fingerprint density at radius 3 is 2.27 bits per heavy atom. The lowest BCUT2D eigenvalue weighted by atomic mass is 9.71. The maximum atomic E-state index is 12.3. The van der Waals surface area contributed by atoms with Gasteiger partial charge in [0.25, 0.3) is 5.91 Å². The van der Waals surface area contributed by atoms with Gasteiger partial charge >= 0.3 is 0 Å². The number of benzene rings is 1. The maximum absolute atomic E-state index is 12.3. The van der Waals surface area contributed by atoms with E-state index in [1.807, 2.05) is 12.1 Å². The Hall–Kier alpha value is -1.03. The zero-order valence-electron chi connectivity index (χ0n) is 17.1. The number of hydrogen-bond acceptors (Lipinski definition) is 2. The zero-order chi connectivity index (χ0) is 19.5. The molecular formula is C22H34BrNO2. The molecule has 1 aliphatic rings. The third-order valence-electron chi connectivity index (χ3n) is 5.43. The summed E-state index contributed by atoms with van der Waals surface area (Å²) in [7, 11) is 0. The molecule has 3 nitrogen and oxygen atoms in total. The molecule has 0 radical (unpaired) electrons. The van der Waals surface area contributed by atoms with Crippen molar-refractivity contribution >= 4 is 21.8 Å². The van der Waals surface area contributed by atoms with E-state index in [0.29, 0.717) is 5.41 Å². The summed E-state index contributed by atoms with van der Waals surface area (Å²) < 4.78 is 6.89. The van der Waals surface area contributed by atoms with E-state index in [1.165, 1.54) is 12.8 Å². The average Bonchev–Trinajstić information content (AvgIpc) is 2.52. The molecule has 0 saturated heterocycles. The minimum absolute atomic E-state index is 0.0213. The minimum atomic E-state index is -0.0407. The van der Waals surface area contributed by atoms with Crippen LogP contribution in [-0.4, -0.2) is 18.6 Å². The average molecular weight is 424 g/mol. The lowest BCUT2D eigenvalue weighted by Gasteiger charge is -2.37. The van der Waals surface area contributed by atoms with Crippen LogP contribution in [0, 0.1) is 11.3 Å². The molecule has 0 aromatic heterocycles. The van der Waals surface area contributed by atoms with Crippen LogP contribution in [0.4, 0.5) is 0 Å². The molecule has 146 valence electrons. The van der Waals surface area contributed by atoms with Crippen LogP contribution < -0.4 is 10.1 Å². The van der Waals surface area contributed by atoms with Gasteiger partial charge in [-0.3, -0.25) is 4.79 Å². The number of carbonyl (C=O) groups excluding carboxylic acids is 1. The first kappa shape index (κ1) is 21.3. The van der Waals surface area contributed by atoms with Gasteiger partial charge in [-0.2, -0.15) is 0 Å². The number of ether oxygens (including phenoxy) is 1. The van der Waals surface area contributed by atoms with Gasteiger partial charge < -0.3 is 10.1 Å². The fraction of sp³-hybridized carbons (Fsp3) is 0.682. The van der Waals surface area contributed by atoms with Gasteiger partial charge in [-0.15, -0.1) is 0 Å². The first-order valence-electron chi connectivity index (χ1n) is 9.69. The molecule has 1 aliphatic carbocycles. The normalized spacial score (nSPS) is 21.3. The molecule has 1 saturated carbocycles. The van der Waals surface area contributed by atoms with E-state index in [4.69, 9.17) is 4.74 Å². The van der Waals surface area contributed by atoms with Crippen molar-refractivity contribution < 1.29 is 9.53 Å². The number of carbonyl (C=O) groups is 1. The van der Waals surface area contributed by atoms with Crippen LogP contribution in [0.3, 0.4) is 0 Å². The second kappa shape index (κ2) is 8.33. The predicted molar refractivity (Wildman–Crippen MR) is 112 cm³/mol. The van der Waals surface area contributed by atoms with Crippen molar-refractivity contribution in [2.75, 3.05) is 6.61 Å². The quantitative estimate of drug-likeness (QED) is 0.659. The molecule has 1 aromatic rings. The number of amides is 1. The SMILES string of the molecule is CC(C)(C)c1cc(Br)ccc1OCC(=O)NC1CCC(C(C)(C)C)CC1. The Balaban J connectivity index is 1.87. The van der Waals surface area contributed by atoms with Gasteiger partial charge in [-0.1, -0.05) is 57.5 Å². The maximum Gasteiger partial charge on any atom is 0.258 e. The summed E-state index contributed by atoms with van der Waals surface area (Å²) in [6.45, 7) is 13.5. The van der Waals surface area contributed by atoms with Gasteiger partial charge in [0.2, 0.25) is 0 Å². The Kier molecular flexibility index (Phi) is 6.81. The van der Waals surface area contributed by atoms with Gasteiger partial charge in [0.15, 0.2) is 6.61 Å². The van der Waals surface area contributed by atoms with Gasteiger partial charge in [-0.25, -0.2) is 0 Å². The van der Waals surface area contributed by atoms with Crippen molar-refractivity contribution in [3.63, 3.8) is 0 Å². The molecule has 0 aliphatic heterocycles. The van der Waals surface area contributed by atoms with E-state index in [0.717, 1.165) is 34.5 Å². The van der Waals surface area contributed by atoms with Crippen LogP contribution >= 0.6 is 15.9 Å². The van der Waals surface area contributed by atoms with Crippen LogP contribution in [0.15, 0.2) is 22.7 Å². The summed E-state index contributed by atoms with van der Waals surface area (Å²) in [5.41, 5.74) is 1.43. The van der Waals surface area contributed by atoms with Gasteiger partial charge in [0, 0.05) is 16.1 Å². The van der Waals surface area contributed by atoms with Crippen molar-refractivity contribution in [3.05, 3.63) is 28.2 Å². The van der Waals surface area contributed by atoms with Crippen molar-refractivity contribution in [2.24, 2.45) is 11.3 Å². The van der Waals surface area contributed by atoms with Crippen LogP contribution in [-0.2, 0) is 10.2 Å². The standard InChI is InChI=1S/C22H34BrNO2/c1-21(2,3)15-7-10-17(11-8-15)24-20(25)14-26-19-12-9-16(23)13-18(19)22(4,5)6/h9,12-13,15,17H,7-8,10-11,14H2,1-6H3,(H,24,25). The summed E-state index contributed by atoms with van der Waals surface area (Å²) in [6, 6.07) is 6.25. The molecule has 0 spiro atoms. The summed E-state index contributed by atoms with van der Waals surface area (Å²) in [5.74, 6) is 1.52.